The lowest BCUT2D eigenvalue weighted by atomic mass is 10.0. The second-order valence-electron chi connectivity index (χ2n) is 13.5. The van der Waals surface area contributed by atoms with Crippen LogP contribution in [-0.2, 0) is 0 Å². The first-order chi connectivity index (χ1) is 26.7. The molecule has 8 aromatic carbocycles. The first-order valence-electron chi connectivity index (χ1n) is 18.0. The number of thiazole rings is 1. The summed E-state index contributed by atoms with van der Waals surface area (Å²) >= 11 is 3.57. The Bertz CT molecular complexity index is 3140. The van der Waals surface area contributed by atoms with Crippen LogP contribution in [0.25, 0.3) is 85.2 Å². The van der Waals surface area contributed by atoms with Gasteiger partial charge in [0.2, 0.25) is 0 Å². The molecule has 54 heavy (non-hydrogen) atoms. The van der Waals surface area contributed by atoms with Crippen LogP contribution in [0.2, 0.25) is 0 Å². The van der Waals surface area contributed by atoms with E-state index in [0.717, 1.165) is 65.2 Å². The second kappa shape index (κ2) is 12.6. The van der Waals surface area contributed by atoms with Crippen molar-refractivity contribution in [1.29, 1.82) is 0 Å². The van der Waals surface area contributed by atoms with Crippen molar-refractivity contribution in [1.82, 2.24) is 4.98 Å². The number of nitrogens with zero attached hydrogens (tertiary/aromatic N) is 2. The van der Waals surface area contributed by atoms with Crippen molar-refractivity contribution in [3.63, 3.8) is 0 Å². The monoisotopic (exact) mass is 726 g/mol. The summed E-state index contributed by atoms with van der Waals surface area (Å²) in [6.07, 6.45) is 0. The van der Waals surface area contributed by atoms with Gasteiger partial charge in [-0.2, -0.15) is 0 Å². The predicted molar refractivity (Wildman–Crippen MR) is 231 cm³/mol. The van der Waals surface area contributed by atoms with E-state index in [-0.39, 0.29) is 0 Å². The Balaban J connectivity index is 1.03. The van der Waals surface area contributed by atoms with Gasteiger partial charge >= 0.3 is 0 Å². The number of aromatic nitrogens is 1. The van der Waals surface area contributed by atoms with E-state index in [9.17, 15) is 0 Å². The molecule has 3 heterocycles. The van der Waals surface area contributed by atoms with E-state index in [2.05, 4.69) is 181 Å². The summed E-state index contributed by atoms with van der Waals surface area (Å²) in [5, 5.41) is 5.72. The molecule has 11 aromatic rings. The van der Waals surface area contributed by atoms with Crippen molar-refractivity contribution in [3.05, 3.63) is 182 Å². The van der Waals surface area contributed by atoms with Crippen LogP contribution >= 0.6 is 22.7 Å². The number of hydrogen-bond acceptors (Lipinski definition) is 5. The highest BCUT2D eigenvalue weighted by molar-refractivity contribution is 7.26. The number of benzene rings is 8. The Morgan fingerprint density at radius 1 is 0.407 bits per heavy atom. The smallest absolute Gasteiger partial charge is 0.137 e. The minimum Gasteiger partial charge on any atom is -0.456 e. The average Bonchev–Trinajstić information content (AvgIpc) is 3.95. The quantitative estimate of drug-likeness (QED) is 0.171. The number of thiophene rings is 1. The third kappa shape index (κ3) is 5.12. The van der Waals surface area contributed by atoms with Gasteiger partial charge in [0, 0.05) is 42.5 Å². The van der Waals surface area contributed by atoms with E-state index in [1.807, 2.05) is 17.4 Å². The van der Waals surface area contributed by atoms with Gasteiger partial charge in [0.25, 0.3) is 0 Å². The molecule has 0 atom stereocenters. The molecule has 0 N–H and O–H groups in total. The second-order valence-corrected chi connectivity index (χ2v) is 15.6. The molecule has 3 nitrogen and oxygen atoms in total. The summed E-state index contributed by atoms with van der Waals surface area (Å²) in [7, 11) is 0. The van der Waals surface area contributed by atoms with Crippen molar-refractivity contribution in [3.8, 4) is 32.8 Å². The van der Waals surface area contributed by atoms with Crippen molar-refractivity contribution in [2.75, 3.05) is 4.90 Å². The molecule has 0 unspecified atom stereocenters. The van der Waals surface area contributed by atoms with Crippen LogP contribution in [0.3, 0.4) is 0 Å². The summed E-state index contributed by atoms with van der Waals surface area (Å²) in [5.41, 5.74) is 11.9. The maximum atomic E-state index is 6.37. The predicted octanol–water partition coefficient (Wildman–Crippen LogP) is 15.0. The molecule has 0 saturated carbocycles. The molecule has 0 aliphatic carbocycles. The number of furan rings is 1. The van der Waals surface area contributed by atoms with Gasteiger partial charge < -0.3 is 9.32 Å². The van der Waals surface area contributed by atoms with Crippen LogP contribution in [0.5, 0.6) is 0 Å². The van der Waals surface area contributed by atoms with Crippen LogP contribution in [-0.4, -0.2) is 4.98 Å². The van der Waals surface area contributed by atoms with E-state index in [1.54, 1.807) is 11.3 Å². The molecule has 0 saturated heterocycles. The van der Waals surface area contributed by atoms with Crippen LogP contribution in [0, 0.1) is 0 Å². The highest BCUT2D eigenvalue weighted by atomic mass is 32.1. The number of hydrogen-bond donors (Lipinski definition) is 0. The maximum Gasteiger partial charge on any atom is 0.137 e. The molecular weight excluding hydrogens is 697 g/mol. The molecule has 0 fully saturated rings. The SMILES string of the molecule is c1ccc(-c2ccc(N(c3ccc(-c4ccc5oc6ccc7sc(-c8ccccc8)nc7c6c5c4)cc3)c3cccc4sc5ccccc5c34)cc2)cc1. The molecule has 11 rings (SSSR count). The lowest BCUT2D eigenvalue weighted by molar-refractivity contribution is 0.669. The number of anilines is 3. The Morgan fingerprint density at radius 2 is 1.02 bits per heavy atom. The van der Waals surface area contributed by atoms with Gasteiger partial charge in [-0.15, -0.1) is 22.7 Å². The first-order valence-corrected chi connectivity index (χ1v) is 19.7. The summed E-state index contributed by atoms with van der Waals surface area (Å²) < 4.78 is 10.1. The van der Waals surface area contributed by atoms with Gasteiger partial charge in [0.05, 0.1) is 21.3 Å². The highest BCUT2D eigenvalue weighted by Gasteiger charge is 2.20. The fourth-order valence-electron chi connectivity index (χ4n) is 7.74. The topological polar surface area (TPSA) is 29.3 Å². The van der Waals surface area contributed by atoms with Crippen LogP contribution in [0.1, 0.15) is 0 Å². The fourth-order valence-corrected chi connectivity index (χ4v) is 9.85. The van der Waals surface area contributed by atoms with Gasteiger partial charge in [-0.1, -0.05) is 115 Å². The lowest BCUT2D eigenvalue weighted by Crippen LogP contribution is -2.10. The number of rotatable bonds is 6. The standard InChI is InChI=1S/C49H30N2OS2/c1-3-10-31(11-4-1)32-18-23-36(24-19-32)51(40-15-9-17-44-46(40)38-14-7-8-16-43(38)53-44)37-25-20-33(21-26-37)35-22-27-41-39(30-35)47-42(52-41)28-29-45-48(47)50-49(54-45)34-12-5-2-6-13-34/h1-30H. The summed E-state index contributed by atoms with van der Waals surface area (Å²) in [6.45, 7) is 0. The normalized spacial score (nSPS) is 11.7. The van der Waals surface area contributed by atoms with Crippen molar-refractivity contribution in [2.24, 2.45) is 0 Å². The largest absolute Gasteiger partial charge is 0.456 e. The Hall–Kier alpha value is -6.53. The maximum absolute atomic E-state index is 6.37. The molecule has 0 amide bonds. The molecule has 0 radical (unpaired) electrons. The minimum absolute atomic E-state index is 0.860. The molecule has 254 valence electrons. The summed E-state index contributed by atoms with van der Waals surface area (Å²) in [6, 6.07) is 65.0. The van der Waals surface area contributed by atoms with Gasteiger partial charge in [0.1, 0.15) is 16.2 Å². The van der Waals surface area contributed by atoms with E-state index in [0.29, 0.717) is 0 Å². The first kappa shape index (κ1) is 31.0. The number of fused-ring (bicyclic) bond motifs is 8. The zero-order chi connectivity index (χ0) is 35.6. The molecule has 5 heteroatoms. The van der Waals surface area contributed by atoms with E-state index >= 15 is 0 Å². The van der Waals surface area contributed by atoms with Crippen LogP contribution < -0.4 is 4.90 Å². The van der Waals surface area contributed by atoms with Gasteiger partial charge in [-0.05, 0) is 89.0 Å². The van der Waals surface area contributed by atoms with Gasteiger partial charge in [0.15, 0.2) is 0 Å². The van der Waals surface area contributed by atoms with Crippen LogP contribution in [0.15, 0.2) is 186 Å². The molecule has 0 aliphatic heterocycles. The van der Waals surface area contributed by atoms with Crippen LogP contribution in [0.4, 0.5) is 17.1 Å². The molecule has 0 aliphatic rings. The minimum atomic E-state index is 0.860. The zero-order valence-electron chi connectivity index (χ0n) is 28.9. The molecule has 3 aromatic heterocycles. The summed E-state index contributed by atoms with van der Waals surface area (Å²) in [4.78, 5) is 7.54. The van der Waals surface area contributed by atoms with Gasteiger partial charge in [-0.3, -0.25) is 0 Å². The lowest BCUT2D eigenvalue weighted by Gasteiger charge is -2.27. The van der Waals surface area contributed by atoms with Crippen molar-refractivity contribution >= 4 is 92.1 Å². The Morgan fingerprint density at radius 3 is 1.78 bits per heavy atom. The van der Waals surface area contributed by atoms with E-state index < -0.39 is 0 Å². The third-order valence-electron chi connectivity index (χ3n) is 10.3. The van der Waals surface area contributed by atoms with Crippen molar-refractivity contribution < 1.29 is 4.42 Å². The third-order valence-corrected chi connectivity index (χ3v) is 12.5. The molecule has 0 bridgehead atoms. The molecular formula is C49H30N2OS2. The Labute approximate surface area is 319 Å². The summed E-state index contributed by atoms with van der Waals surface area (Å²) in [5.74, 6) is 0. The zero-order valence-corrected chi connectivity index (χ0v) is 30.6. The average molecular weight is 727 g/mol. The Kier molecular flexibility index (Phi) is 7.22. The molecule has 0 spiro atoms. The fraction of sp³-hybridized carbons (Fsp3) is 0. The van der Waals surface area contributed by atoms with Gasteiger partial charge in [-0.25, -0.2) is 4.98 Å². The van der Waals surface area contributed by atoms with E-state index in [1.165, 1.54) is 37.0 Å². The van der Waals surface area contributed by atoms with Crippen molar-refractivity contribution in [2.45, 2.75) is 0 Å². The highest BCUT2D eigenvalue weighted by Crippen LogP contribution is 2.46. The van der Waals surface area contributed by atoms with E-state index in [4.69, 9.17) is 9.40 Å².